The molecule has 53 heavy (non-hydrogen) atoms. The Hall–Kier alpha value is -4.14. The van der Waals surface area contributed by atoms with Gasteiger partial charge < -0.3 is 31.2 Å². The number of morpholine rings is 1. The Morgan fingerprint density at radius 2 is 1.43 bits per heavy atom. The van der Waals surface area contributed by atoms with Gasteiger partial charge in [0.15, 0.2) is 0 Å². The highest BCUT2D eigenvalue weighted by Crippen LogP contribution is 2.24. The fraction of sp³-hybridized carbons (Fsp3) is 0.487. The molecule has 1 unspecified atom stereocenters. The van der Waals surface area contributed by atoms with Gasteiger partial charge in [0, 0.05) is 17.8 Å². The highest BCUT2D eigenvalue weighted by molar-refractivity contribution is 5.92. The molecule has 0 bridgehead atoms. The number of hydrogen-bond donors (Lipinski definition) is 4. The predicted molar refractivity (Wildman–Crippen MR) is 198 cm³/mol. The van der Waals surface area contributed by atoms with Crippen molar-refractivity contribution in [2.24, 2.45) is 5.73 Å². The van der Waals surface area contributed by atoms with E-state index in [1.807, 2.05) is 41.5 Å². The van der Waals surface area contributed by atoms with Gasteiger partial charge in [0.05, 0.1) is 24.8 Å². The Labute approximate surface area is 310 Å². The van der Waals surface area contributed by atoms with Gasteiger partial charge in [0.1, 0.15) is 30.1 Å². The highest BCUT2D eigenvalue weighted by atomic mass is 19.4. The summed E-state index contributed by atoms with van der Waals surface area (Å²) in [7, 11) is 0. The van der Waals surface area contributed by atoms with Gasteiger partial charge in [-0.25, -0.2) is 18.0 Å². The van der Waals surface area contributed by atoms with E-state index < -0.39 is 42.2 Å². The molecule has 0 radical (unpaired) electrons. The lowest BCUT2D eigenvalue weighted by atomic mass is 10.0. The lowest BCUT2D eigenvalue weighted by molar-refractivity contribution is -0.150. The summed E-state index contributed by atoms with van der Waals surface area (Å²) in [6, 6.07) is 14.6. The summed E-state index contributed by atoms with van der Waals surface area (Å²) in [6.45, 7) is 14.5. The molecule has 8 nitrogen and oxygen atoms in total. The van der Waals surface area contributed by atoms with E-state index in [9.17, 15) is 35.9 Å². The Bertz CT molecular complexity index is 1400. The van der Waals surface area contributed by atoms with E-state index in [1.54, 1.807) is 42.6 Å². The topological polar surface area (TPSA) is 115 Å². The summed E-state index contributed by atoms with van der Waals surface area (Å²) in [6.07, 6.45) is -4.97. The maximum Gasteiger partial charge on any atom is 0.408 e. The normalized spacial score (nSPS) is 16.6. The molecule has 298 valence electrons. The Morgan fingerprint density at radius 3 is 1.91 bits per heavy atom. The summed E-state index contributed by atoms with van der Waals surface area (Å²) in [5, 5.41) is 7.42. The lowest BCUT2D eigenvalue weighted by Gasteiger charge is -2.35. The van der Waals surface area contributed by atoms with E-state index in [2.05, 4.69) is 10.6 Å². The average molecular weight is 759 g/mol. The first kappa shape index (κ1) is 48.9. The molecule has 4 rings (SSSR count). The van der Waals surface area contributed by atoms with Crippen molar-refractivity contribution in [2.45, 2.75) is 105 Å². The number of halogens is 6. The van der Waals surface area contributed by atoms with Crippen LogP contribution in [0, 0.1) is 17.5 Å². The second kappa shape index (κ2) is 26.6. The molecule has 1 aliphatic heterocycles. The van der Waals surface area contributed by atoms with Crippen molar-refractivity contribution in [1.82, 2.24) is 10.6 Å². The van der Waals surface area contributed by atoms with Crippen LogP contribution in [0.25, 0.3) is 0 Å². The molecule has 1 fully saturated rings. The number of nitrogens with one attached hydrogen (secondary N) is 3. The number of hydrogen-bond acceptors (Lipinski definition) is 6. The molecule has 3 aromatic carbocycles. The molecular weight excluding hydrogens is 702 g/mol. The van der Waals surface area contributed by atoms with Gasteiger partial charge in [-0.2, -0.15) is 13.2 Å². The van der Waals surface area contributed by atoms with Crippen molar-refractivity contribution in [3.8, 4) is 0 Å². The maximum absolute atomic E-state index is 14.3. The monoisotopic (exact) mass is 758 g/mol. The summed E-state index contributed by atoms with van der Waals surface area (Å²) in [4.78, 5) is 23.1. The molecule has 0 aliphatic carbocycles. The van der Waals surface area contributed by atoms with Crippen molar-refractivity contribution in [3.05, 3.63) is 101 Å². The predicted octanol–water partition coefficient (Wildman–Crippen LogP) is 8.71. The van der Waals surface area contributed by atoms with Crippen molar-refractivity contribution in [2.75, 3.05) is 25.0 Å². The molecule has 0 spiro atoms. The van der Waals surface area contributed by atoms with Gasteiger partial charge in [-0.1, -0.05) is 71.9 Å². The van der Waals surface area contributed by atoms with Crippen LogP contribution in [0.5, 0.6) is 0 Å². The van der Waals surface area contributed by atoms with Crippen LogP contribution in [0.15, 0.2) is 66.7 Å². The third kappa shape index (κ3) is 19.0. The van der Waals surface area contributed by atoms with Crippen molar-refractivity contribution in [1.29, 1.82) is 0 Å². The largest absolute Gasteiger partial charge is 0.448 e. The first-order chi connectivity index (χ1) is 25.2. The number of carbonyl (C=O) groups is 2. The zero-order valence-corrected chi connectivity index (χ0v) is 31.9. The Morgan fingerprint density at radius 1 is 0.906 bits per heavy atom. The van der Waals surface area contributed by atoms with Crippen LogP contribution in [0.1, 0.15) is 78.5 Å². The zero-order chi connectivity index (χ0) is 40.6. The molecule has 14 heteroatoms. The van der Waals surface area contributed by atoms with Crippen LogP contribution in [0.4, 0.5) is 36.8 Å². The molecular formula is C39H56F6N4O4. The first-order valence-corrected chi connectivity index (χ1v) is 17.9. The lowest BCUT2D eigenvalue weighted by Crippen LogP contribution is -2.54. The van der Waals surface area contributed by atoms with Crippen LogP contribution in [-0.4, -0.2) is 62.2 Å². The second-order valence-electron chi connectivity index (χ2n) is 11.0. The van der Waals surface area contributed by atoms with Crippen LogP contribution in [0.3, 0.4) is 0 Å². The number of carbonyl (C=O) groups excluding carboxylic acids is 2. The smallest absolute Gasteiger partial charge is 0.408 e. The third-order valence-corrected chi connectivity index (χ3v) is 7.33. The molecule has 3 aromatic rings. The van der Waals surface area contributed by atoms with Gasteiger partial charge in [0.2, 0.25) is 5.91 Å². The van der Waals surface area contributed by atoms with Crippen LogP contribution < -0.4 is 21.7 Å². The van der Waals surface area contributed by atoms with E-state index in [-0.39, 0.29) is 30.9 Å². The maximum atomic E-state index is 14.3. The number of alkyl halides is 3. The molecule has 0 saturated carbocycles. The zero-order valence-electron chi connectivity index (χ0n) is 31.9. The van der Waals surface area contributed by atoms with E-state index in [0.717, 1.165) is 18.1 Å². The van der Waals surface area contributed by atoms with Crippen molar-refractivity contribution < 1.29 is 45.4 Å². The van der Waals surface area contributed by atoms with Crippen molar-refractivity contribution >= 4 is 17.7 Å². The first-order valence-electron chi connectivity index (χ1n) is 17.9. The number of benzene rings is 3. The fourth-order valence-corrected chi connectivity index (χ4v) is 4.60. The Kier molecular flexibility index (Phi) is 24.5. The number of amides is 2. The van der Waals surface area contributed by atoms with Gasteiger partial charge in [0.25, 0.3) is 0 Å². The molecule has 1 heterocycles. The van der Waals surface area contributed by atoms with Crippen LogP contribution >= 0.6 is 0 Å². The molecule has 1 aliphatic rings. The minimum absolute atomic E-state index is 0.174. The van der Waals surface area contributed by atoms with Crippen LogP contribution in [-0.2, 0) is 27.1 Å². The summed E-state index contributed by atoms with van der Waals surface area (Å²) in [5.74, 6) is -1.37. The van der Waals surface area contributed by atoms with Gasteiger partial charge >= 0.3 is 12.3 Å². The van der Waals surface area contributed by atoms with Crippen LogP contribution in [0.2, 0.25) is 0 Å². The van der Waals surface area contributed by atoms with E-state index >= 15 is 0 Å². The summed E-state index contributed by atoms with van der Waals surface area (Å²) >= 11 is 0. The van der Waals surface area contributed by atoms with Gasteiger partial charge in [-0.3, -0.25) is 4.79 Å². The van der Waals surface area contributed by atoms with E-state index in [0.29, 0.717) is 37.1 Å². The minimum Gasteiger partial charge on any atom is -0.448 e. The Balaban J connectivity index is 0.00000107. The summed E-state index contributed by atoms with van der Waals surface area (Å²) < 4.78 is 87.7. The molecule has 4 atom stereocenters. The standard InChI is InChI=1S/C20H28F4N4O4.C13H10F2.3C2H6/c1-11-17(10-31-19(30)27-12(2)20(22,23)24)26-9-13(32-11)6-7-14-15(21)4-3-5-16(14)28-18(29)8-25;14-12-5-1-10(2-6-12)9-11-3-7-13(15)8-4-11;3*1-2/h3-5,11-13,17,26H,6-10,25H2,1-2H3,(H,27,30)(H,28,29);1-8H,9H2;3*1-2H3/t11-,12?,13+,17+;;;;/m0..../s1. The number of nitrogens with two attached hydrogens (primary N) is 1. The van der Waals surface area contributed by atoms with E-state index in [4.69, 9.17) is 15.2 Å². The molecule has 2 amide bonds. The molecule has 5 N–H and O–H groups in total. The SMILES string of the molecule is CC.CC.CC.CC(NC(=O)OC[C@H]1NC[C@@H](CCc2c(F)cccc2NC(=O)CN)O[C@H]1C)C(F)(F)F.Fc1ccc(Cc2ccc(F)cc2)cc1. The van der Waals surface area contributed by atoms with Gasteiger partial charge in [-0.15, -0.1) is 0 Å². The highest BCUT2D eigenvalue weighted by Gasteiger charge is 2.37. The van der Waals surface area contributed by atoms with Gasteiger partial charge in [-0.05, 0) is 80.6 Å². The number of ether oxygens (including phenoxy) is 2. The van der Waals surface area contributed by atoms with E-state index in [1.165, 1.54) is 36.4 Å². The second-order valence-corrected chi connectivity index (χ2v) is 11.0. The molecule has 0 aromatic heterocycles. The summed E-state index contributed by atoms with van der Waals surface area (Å²) in [5.41, 5.74) is 8.02. The number of rotatable bonds is 10. The number of anilines is 1. The molecule has 1 saturated heterocycles. The van der Waals surface area contributed by atoms with Crippen molar-refractivity contribution in [3.63, 3.8) is 0 Å². The quantitative estimate of drug-likeness (QED) is 0.154. The number of alkyl carbamates (subject to hydrolysis) is 1. The average Bonchev–Trinajstić information content (AvgIpc) is 3.15. The minimum atomic E-state index is -4.56. The third-order valence-electron chi connectivity index (χ3n) is 7.33. The fourth-order valence-electron chi connectivity index (χ4n) is 4.60.